The summed E-state index contributed by atoms with van der Waals surface area (Å²) in [6.45, 7) is 4.97. The van der Waals surface area contributed by atoms with Crippen LogP contribution in [-0.2, 0) is 9.59 Å². The van der Waals surface area contributed by atoms with Crippen LogP contribution in [-0.4, -0.2) is 59.9 Å². The zero-order chi connectivity index (χ0) is 19.5. The largest absolute Gasteiger partial charge is 0.343 e. The quantitative estimate of drug-likeness (QED) is 0.854. The molecule has 0 unspecified atom stereocenters. The number of nitrogens with one attached hydrogen (secondary N) is 1. The molecule has 0 aliphatic carbocycles. The first-order valence-electron chi connectivity index (χ1n) is 11.0. The van der Waals surface area contributed by atoms with E-state index in [1.807, 2.05) is 4.90 Å². The molecular formula is C23H33N3O2. The van der Waals surface area contributed by atoms with Crippen LogP contribution in [0.1, 0.15) is 56.9 Å². The van der Waals surface area contributed by atoms with E-state index >= 15 is 0 Å². The molecule has 5 nitrogen and oxygen atoms in total. The van der Waals surface area contributed by atoms with Gasteiger partial charge >= 0.3 is 0 Å². The number of hydrogen-bond acceptors (Lipinski definition) is 3. The van der Waals surface area contributed by atoms with Gasteiger partial charge in [0.05, 0.1) is 0 Å². The summed E-state index contributed by atoms with van der Waals surface area (Å²) in [6.07, 6.45) is 6.11. The van der Waals surface area contributed by atoms with Crippen LogP contribution in [0.25, 0.3) is 0 Å². The van der Waals surface area contributed by atoms with Gasteiger partial charge in [0.2, 0.25) is 11.8 Å². The van der Waals surface area contributed by atoms with Crippen molar-refractivity contribution in [3.63, 3.8) is 0 Å². The molecular weight excluding hydrogens is 350 g/mol. The molecule has 0 radical (unpaired) electrons. The summed E-state index contributed by atoms with van der Waals surface area (Å²) in [5.41, 5.74) is 1.40. The van der Waals surface area contributed by atoms with E-state index in [2.05, 4.69) is 40.5 Å². The van der Waals surface area contributed by atoms with Gasteiger partial charge in [-0.25, -0.2) is 0 Å². The molecule has 3 aliphatic heterocycles. The number of carbonyl (C=O) groups excluding carboxylic acids is 2. The van der Waals surface area contributed by atoms with E-state index in [0.717, 1.165) is 51.9 Å². The summed E-state index contributed by atoms with van der Waals surface area (Å²) in [5, 5.41) is 3.80. The number of carbonyl (C=O) groups is 2. The van der Waals surface area contributed by atoms with Crippen molar-refractivity contribution in [2.75, 3.05) is 26.2 Å². The van der Waals surface area contributed by atoms with Crippen LogP contribution in [0.3, 0.4) is 0 Å². The third kappa shape index (κ3) is 3.95. The molecule has 5 heteroatoms. The highest BCUT2D eigenvalue weighted by Crippen LogP contribution is 2.36. The van der Waals surface area contributed by atoms with Crippen molar-refractivity contribution in [3.8, 4) is 0 Å². The fraction of sp³-hybridized carbons (Fsp3) is 0.652. The lowest BCUT2D eigenvalue weighted by molar-refractivity contribution is -0.144. The maximum Gasteiger partial charge on any atom is 0.226 e. The smallest absolute Gasteiger partial charge is 0.226 e. The van der Waals surface area contributed by atoms with E-state index in [9.17, 15) is 9.59 Å². The Balaban J connectivity index is 1.49. The Hall–Kier alpha value is -1.88. The molecule has 0 saturated carbocycles. The van der Waals surface area contributed by atoms with Crippen molar-refractivity contribution in [2.24, 2.45) is 5.92 Å². The third-order valence-electron chi connectivity index (χ3n) is 7.04. The second kappa shape index (κ2) is 8.64. The molecule has 3 fully saturated rings. The molecule has 3 heterocycles. The Morgan fingerprint density at radius 1 is 0.964 bits per heavy atom. The van der Waals surface area contributed by atoms with Gasteiger partial charge in [-0.05, 0) is 44.2 Å². The standard InChI is InChI=1S/C23H33N3O2/c1-17(27)25-14-10-19(11-15-25)23(28)26-16-12-20(18-7-3-2-4-8-18)22-21(26)9-5-6-13-24-22/h2-4,7-8,19-22,24H,5-6,9-16H2,1H3/t20-,21-,22-/m1/s1. The number of piperidine rings is 2. The number of benzene rings is 1. The summed E-state index contributed by atoms with van der Waals surface area (Å²) in [6, 6.07) is 11.4. The first kappa shape index (κ1) is 19.4. The minimum absolute atomic E-state index is 0.0766. The van der Waals surface area contributed by atoms with Crippen LogP contribution >= 0.6 is 0 Å². The number of hydrogen-bond donors (Lipinski definition) is 1. The van der Waals surface area contributed by atoms with E-state index in [1.54, 1.807) is 6.92 Å². The predicted molar refractivity (Wildman–Crippen MR) is 110 cm³/mol. The summed E-state index contributed by atoms with van der Waals surface area (Å²) in [5.74, 6) is 1.01. The first-order chi connectivity index (χ1) is 13.6. The number of amides is 2. The average molecular weight is 384 g/mol. The van der Waals surface area contributed by atoms with Gasteiger partial charge < -0.3 is 15.1 Å². The summed E-state index contributed by atoms with van der Waals surface area (Å²) in [7, 11) is 0. The molecule has 28 heavy (non-hydrogen) atoms. The Morgan fingerprint density at radius 3 is 2.43 bits per heavy atom. The fourth-order valence-corrected chi connectivity index (χ4v) is 5.47. The zero-order valence-electron chi connectivity index (χ0n) is 17.0. The number of likely N-dealkylation sites (tertiary alicyclic amines) is 2. The first-order valence-corrected chi connectivity index (χ1v) is 11.0. The molecule has 4 rings (SSSR count). The van der Waals surface area contributed by atoms with Crippen LogP contribution in [0.15, 0.2) is 30.3 Å². The maximum absolute atomic E-state index is 13.4. The van der Waals surface area contributed by atoms with E-state index in [4.69, 9.17) is 0 Å². The van der Waals surface area contributed by atoms with Crippen LogP contribution in [0.2, 0.25) is 0 Å². The highest BCUT2D eigenvalue weighted by atomic mass is 16.2. The second-order valence-corrected chi connectivity index (χ2v) is 8.66. The van der Waals surface area contributed by atoms with Crippen molar-refractivity contribution in [3.05, 3.63) is 35.9 Å². The normalized spacial score (nSPS) is 29.1. The topological polar surface area (TPSA) is 52.7 Å². The molecule has 1 aromatic carbocycles. The Bertz CT molecular complexity index is 684. The van der Waals surface area contributed by atoms with Crippen LogP contribution in [0, 0.1) is 5.92 Å². The van der Waals surface area contributed by atoms with Crippen molar-refractivity contribution in [1.29, 1.82) is 0 Å². The highest BCUT2D eigenvalue weighted by Gasteiger charge is 2.42. The van der Waals surface area contributed by atoms with E-state index in [0.29, 0.717) is 23.9 Å². The van der Waals surface area contributed by atoms with Gasteiger partial charge in [-0.3, -0.25) is 9.59 Å². The van der Waals surface area contributed by atoms with Gasteiger partial charge in [-0.1, -0.05) is 36.8 Å². The fourth-order valence-electron chi connectivity index (χ4n) is 5.47. The number of rotatable bonds is 2. The predicted octanol–water partition coefficient (Wildman–Crippen LogP) is 2.77. The van der Waals surface area contributed by atoms with Crippen molar-refractivity contribution in [2.45, 2.75) is 63.5 Å². The van der Waals surface area contributed by atoms with Gasteiger partial charge in [0.15, 0.2) is 0 Å². The minimum atomic E-state index is 0.0766. The van der Waals surface area contributed by atoms with Crippen molar-refractivity contribution >= 4 is 11.8 Å². The third-order valence-corrected chi connectivity index (χ3v) is 7.04. The van der Waals surface area contributed by atoms with Crippen LogP contribution in [0.5, 0.6) is 0 Å². The summed E-state index contributed by atoms with van der Waals surface area (Å²) >= 11 is 0. The lowest BCUT2D eigenvalue weighted by Gasteiger charge is -2.47. The lowest BCUT2D eigenvalue weighted by atomic mass is 9.79. The summed E-state index contributed by atoms with van der Waals surface area (Å²) in [4.78, 5) is 29.1. The van der Waals surface area contributed by atoms with E-state index < -0.39 is 0 Å². The average Bonchev–Trinajstić information content (AvgIpc) is 2.99. The van der Waals surface area contributed by atoms with E-state index in [1.165, 1.54) is 18.4 Å². The summed E-state index contributed by atoms with van der Waals surface area (Å²) < 4.78 is 0. The maximum atomic E-state index is 13.4. The Kier molecular flexibility index (Phi) is 6.00. The second-order valence-electron chi connectivity index (χ2n) is 8.66. The Labute approximate surface area is 168 Å². The number of fused-ring (bicyclic) bond motifs is 1. The molecule has 3 saturated heterocycles. The SMILES string of the molecule is CC(=O)N1CCC(C(=O)N2CC[C@H](c3ccccc3)[C@H]3NCCCC[C@H]32)CC1. The number of nitrogens with zero attached hydrogens (tertiary/aromatic N) is 2. The molecule has 0 aromatic heterocycles. The Morgan fingerprint density at radius 2 is 1.71 bits per heavy atom. The molecule has 152 valence electrons. The monoisotopic (exact) mass is 383 g/mol. The molecule has 0 bridgehead atoms. The molecule has 3 aliphatic rings. The van der Waals surface area contributed by atoms with Crippen molar-refractivity contribution < 1.29 is 9.59 Å². The van der Waals surface area contributed by atoms with Gasteiger partial charge in [-0.2, -0.15) is 0 Å². The lowest BCUT2D eigenvalue weighted by Crippen LogP contribution is -2.59. The molecule has 0 spiro atoms. The molecule has 1 N–H and O–H groups in total. The van der Waals surface area contributed by atoms with Gasteiger partial charge in [0.1, 0.15) is 0 Å². The van der Waals surface area contributed by atoms with Gasteiger partial charge in [-0.15, -0.1) is 0 Å². The highest BCUT2D eigenvalue weighted by molar-refractivity contribution is 5.80. The molecule has 3 atom stereocenters. The van der Waals surface area contributed by atoms with Gasteiger partial charge in [0, 0.05) is 50.5 Å². The van der Waals surface area contributed by atoms with Crippen LogP contribution < -0.4 is 5.32 Å². The molecule has 1 aromatic rings. The molecule has 2 amide bonds. The van der Waals surface area contributed by atoms with Crippen LogP contribution in [0.4, 0.5) is 0 Å². The van der Waals surface area contributed by atoms with Gasteiger partial charge in [0.25, 0.3) is 0 Å². The van der Waals surface area contributed by atoms with Crippen molar-refractivity contribution in [1.82, 2.24) is 15.1 Å². The minimum Gasteiger partial charge on any atom is -0.343 e. The van der Waals surface area contributed by atoms with E-state index in [-0.39, 0.29) is 11.8 Å². The zero-order valence-corrected chi connectivity index (χ0v) is 17.0.